The van der Waals surface area contributed by atoms with Gasteiger partial charge in [-0.2, -0.15) is 0 Å². The molecule has 106 valence electrons. The van der Waals surface area contributed by atoms with Crippen LogP contribution in [0.4, 0.5) is 0 Å². The third-order valence-corrected chi connectivity index (χ3v) is 3.73. The van der Waals surface area contributed by atoms with Crippen LogP contribution < -0.4 is 5.73 Å². The Labute approximate surface area is 128 Å². The van der Waals surface area contributed by atoms with Gasteiger partial charge in [-0.15, -0.1) is 0 Å². The lowest BCUT2D eigenvalue weighted by atomic mass is 10.00. The molecular formula is C16H20BrN3. The maximum absolute atomic E-state index is 6.03. The average Bonchev–Trinajstić information content (AvgIpc) is 2.35. The quantitative estimate of drug-likeness (QED) is 0.923. The van der Waals surface area contributed by atoms with Gasteiger partial charge in [0.2, 0.25) is 0 Å². The van der Waals surface area contributed by atoms with Crippen LogP contribution in [0.3, 0.4) is 0 Å². The molecule has 2 N–H and O–H groups in total. The van der Waals surface area contributed by atoms with Crippen molar-refractivity contribution in [2.75, 3.05) is 0 Å². The Balaban J connectivity index is 2.32. The molecule has 0 saturated heterocycles. The van der Waals surface area contributed by atoms with Gasteiger partial charge < -0.3 is 5.73 Å². The molecule has 0 aliphatic heterocycles. The van der Waals surface area contributed by atoms with Crippen molar-refractivity contribution in [1.29, 1.82) is 0 Å². The Hall–Kier alpha value is -1.26. The standard InChI is InChI=1S/C16H20BrN3/c1-11-10-14(12-6-4-5-7-13(12)17)20-15(19-11)8-9-16(2,3)18/h4-7,10H,8-9,18H2,1-3H3. The second-order valence-electron chi connectivity index (χ2n) is 5.78. The van der Waals surface area contributed by atoms with E-state index in [1.807, 2.05) is 45.0 Å². The van der Waals surface area contributed by atoms with Crippen molar-refractivity contribution >= 4 is 15.9 Å². The highest BCUT2D eigenvalue weighted by Crippen LogP contribution is 2.27. The van der Waals surface area contributed by atoms with E-state index in [1.54, 1.807) is 0 Å². The zero-order valence-electron chi connectivity index (χ0n) is 12.2. The topological polar surface area (TPSA) is 51.8 Å². The molecular weight excluding hydrogens is 314 g/mol. The summed E-state index contributed by atoms with van der Waals surface area (Å²) < 4.78 is 1.04. The number of nitrogens with zero attached hydrogens (tertiary/aromatic N) is 2. The minimum Gasteiger partial charge on any atom is -0.326 e. The zero-order valence-corrected chi connectivity index (χ0v) is 13.7. The van der Waals surface area contributed by atoms with Gasteiger partial charge in [0.25, 0.3) is 0 Å². The van der Waals surface area contributed by atoms with Crippen LogP contribution in [0.5, 0.6) is 0 Å². The molecule has 0 unspecified atom stereocenters. The zero-order chi connectivity index (χ0) is 14.8. The van der Waals surface area contributed by atoms with Gasteiger partial charge in [-0.3, -0.25) is 0 Å². The van der Waals surface area contributed by atoms with Gasteiger partial charge in [0, 0.05) is 27.7 Å². The van der Waals surface area contributed by atoms with E-state index >= 15 is 0 Å². The van der Waals surface area contributed by atoms with Crippen LogP contribution in [0.2, 0.25) is 0 Å². The van der Waals surface area contributed by atoms with Crippen LogP contribution in [0.25, 0.3) is 11.3 Å². The van der Waals surface area contributed by atoms with Gasteiger partial charge >= 0.3 is 0 Å². The van der Waals surface area contributed by atoms with E-state index in [4.69, 9.17) is 5.73 Å². The molecule has 0 spiro atoms. The first-order chi connectivity index (χ1) is 9.35. The second-order valence-corrected chi connectivity index (χ2v) is 6.63. The van der Waals surface area contributed by atoms with E-state index in [2.05, 4.69) is 32.0 Å². The SMILES string of the molecule is Cc1cc(-c2ccccc2Br)nc(CCC(C)(C)N)n1. The van der Waals surface area contributed by atoms with Crippen LogP contribution in [-0.4, -0.2) is 15.5 Å². The van der Waals surface area contributed by atoms with Gasteiger partial charge in [0.1, 0.15) is 5.82 Å². The number of benzene rings is 1. The third-order valence-electron chi connectivity index (χ3n) is 3.04. The molecule has 0 atom stereocenters. The maximum atomic E-state index is 6.03. The molecule has 0 bridgehead atoms. The summed E-state index contributed by atoms with van der Waals surface area (Å²) in [6.07, 6.45) is 1.66. The van der Waals surface area contributed by atoms with Crippen molar-refractivity contribution < 1.29 is 0 Å². The molecule has 1 aromatic heterocycles. The lowest BCUT2D eigenvalue weighted by molar-refractivity contribution is 0.470. The predicted molar refractivity (Wildman–Crippen MR) is 86.5 cm³/mol. The van der Waals surface area contributed by atoms with Gasteiger partial charge in [-0.05, 0) is 39.3 Å². The molecule has 2 aromatic rings. The number of halogens is 1. The summed E-state index contributed by atoms with van der Waals surface area (Å²) in [5, 5.41) is 0. The third kappa shape index (κ3) is 4.12. The first kappa shape index (κ1) is 15.1. The fraction of sp³-hybridized carbons (Fsp3) is 0.375. The number of rotatable bonds is 4. The first-order valence-electron chi connectivity index (χ1n) is 6.73. The number of hydrogen-bond acceptors (Lipinski definition) is 3. The van der Waals surface area contributed by atoms with Crippen molar-refractivity contribution in [2.45, 2.75) is 39.2 Å². The van der Waals surface area contributed by atoms with Crippen molar-refractivity contribution in [3.63, 3.8) is 0 Å². The molecule has 2 rings (SSSR count). The van der Waals surface area contributed by atoms with Crippen LogP contribution in [0.1, 0.15) is 31.8 Å². The summed E-state index contributed by atoms with van der Waals surface area (Å²) >= 11 is 3.57. The minimum atomic E-state index is -0.194. The lowest BCUT2D eigenvalue weighted by Gasteiger charge is -2.17. The van der Waals surface area contributed by atoms with E-state index in [-0.39, 0.29) is 5.54 Å². The molecule has 0 aliphatic carbocycles. The Morgan fingerprint density at radius 2 is 1.90 bits per heavy atom. The highest BCUT2D eigenvalue weighted by atomic mass is 79.9. The molecule has 0 saturated carbocycles. The molecule has 3 nitrogen and oxygen atoms in total. The molecule has 20 heavy (non-hydrogen) atoms. The van der Waals surface area contributed by atoms with E-state index < -0.39 is 0 Å². The molecule has 0 fully saturated rings. The van der Waals surface area contributed by atoms with E-state index in [0.29, 0.717) is 0 Å². The highest BCUT2D eigenvalue weighted by molar-refractivity contribution is 9.10. The van der Waals surface area contributed by atoms with Crippen LogP contribution in [-0.2, 0) is 6.42 Å². The second kappa shape index (κ2) is 6.02. The van der Waals surface area contributed by atoms with E-state index in [0.717, 1.165) is 40.1 Å². The van der Waals surface area contributed by atoms with Crippen molar-refractivity contribution in [3.8, 4) is 11.3 Å². The fourth-order valence-corrected chi connectivity index (χ4v) is 2.47. The largest absolute Gasteiger partial charge is 0.326 e. The maximum Gasteiger partial charge on any atom is 0.129 e. The number of aromatic nitrogens is 2. The summed E-state index contributed by atoms with van der Waals surface area (Å²) in [5.41, 5.74) is 8.86. The summed E-state index contributed by atoms with van der Waals surface area (Å²) in [6, 6.07) is 10.1. The van der Waals surface area contributed by atoms with Crippen molar-refractivity contribution in [1.82, 2.24) is 9.97 Å². The lowest BCUT2D eigenvalue weighted by Crippen LogP contribution is -2.32. The molecule has 0 aliphatic rings. The van der Waals surface area contributed by atoms with Crippen LogP contribution in [0.15, 0.2) is 34.8 Å². The Kier molecular flexibility index (Phi) is 4.55. The van der Waals surface area contributed by atoms with E-state index in [9.17, 15) is 0 Å². The van der Waals surface area contributed by atoms with Gasteiger partial charge in [-0.1, -0.05) is 34.1 Å². The molecule has 1 aromatic carbocycles. The Morgan fingerprint density at radius 3 is 2.55 bits per heavy atom. The minimum absolute atomic E-state index is 0.194. The summed E-state index contributed by atoms with van der Waals surface area (Å²) in [5.74, 6) is 0.856. The Bertz CT molecular complexity index is 603. The average molecular weight is 334 g/mol. The normalized spacial score (nSPS) is 11.7. The summed E-state index contributed by atoms with van der Waals surface area (Å²) in [6.45, 7) is 6.05. The van der Waals surface area contributed by atoms with Gasteiger partial charge in [0.05, 0.1) is 5.69 Å². The van der Waals surface area contributed by atoms with Crippen molar-refractivity contribution in [3.05, 3.63) is 46.3 Å². The first-order valence-corrected chi connectivity index (χ1v) is 7.53. The van der Waals surface area contributed by atoms with E-state index in [1.165, 1.54) is 0 Å². The van der Waals surface area contributed by atoms with Crippen LogP contribution in [0, 0.1) is 6.92 Å². The fourth-order valence-electron chi connectivity index (χ4n) is 1.98. The molecule has 0 amide bonds. The number of hydrogen-bond donors (Lipinski definition) is 1. The van der Waals surface area contributed by atoms with Crippen LogP contribution >= 0.6 is 15.9 Å². The highest BCUT2D eigenvalue weighted by Gasteiger charge is 2.13. The number of aryl methyl sites for hydroxylation is 2. The predicted octanol–water partition coefficient (Wildman–Crippen LogP) is 3.88. The molecule has 1 heterocycles. The number of nitrogens with two attached hydrogens (primary N) is 1. The monoisotopic (exact) mass is 333 g/mol. The summed E-state index contributed by atoms with van der Waals surface area (Å²) in [4.78, 5) is 9.18. The van der Waals surface area contributed by atoms with Gasteiger partial charge in [-0.25, -0.2) is 9.97 Å². The van der Waals surface area contributed by atoms with Crippen molar-refractivity contribution in [2.24, 2.45) is 5.73 Å². The van der Waals surface area contributed by atoms with Gasteiger partial charge in [0.15, 0.2) is 0 Å². The Morgan fingerprint density at radius 1 is 1.20 bits per heavy atom. The summed E-state index contributed by atoms with van der Waals surface area (Å²) in [7, 11) is 0. The molecule has 0 radical (unpaired) electrons. The smallest absolute Gasteiger partial charge is 0.129 e. The molecule has 4 heteroatoms.